The summed E-state index contributed by atoms with van der Waals surface area (Å²) in [7, 11) is 0. The fraction of sp³-hybridized carbons (Fsp3) is 0.375. The molecule has 17 heavy (non-hydrogen) atoms. The topological polar surface area (TPSA) is 15.8 Å². The third-order valence-electron chi connectivity index (χ3n) is 4.11. The Morgan fingerprint density at radius 3 is 1.88 bits per heavy atom. The number of fused-ring (bicyclic) bond motifs is 1. The molecule has 1 heteroatoms. The van der Waals surface area contributed by atoms with E-state index in [-0.39, 0.29) is 0 Å². The Hall–Kier alpha value is -1.50. The van der Waals surface area contributed by atoms with Crippen molar-refractivity contribution in [1.82, 2.24) is 4.98 Å². The van der Waals surface area contributed by atoms with E-state index in [1.54, 1.807) is 0 Å². The van der Waals surface area contributed by atoms with Gasteiger partial charge >= 0.3 is 0 Å². The molecule has 0 aliphatic heterocycles. The van der Waals surface area contributed by atoms with Gasteiger partial charge in [-0.25, -0.2) is 0 Å². The number of rotatable bonds is 1. The molecule has 0 unspecified atom stereocenters. The van der Waals surface area contributed by atoms with E-state index in [9.17, 15) is 0 Å². The highest BCUT2D eigenvalue weighted by Gasteiger charge is 2.15. The maximum absolute atomic E-state index is 4.05. The van der Waals surface area contributed by atoms with E-state index in [1.807, 2.05) is 0 Å². The highest BCUT2D eigenvalue weighted by Crippen LogP contribution is 2.34. The van der Waals surface area contributed by atoms with Crippen molar-refractivity contribution in [3.05, 3.63) is 40.1 Å². The quantitative estimate of drug-likeness (QED) is 0.724. The molecular weight excluding hydrogens is 206 g/mol. The zero-order valence-electron chi connectivity index (χ0n) is 11.7. The summed E-state index contributed by atoms with van der Waals surface area (Å²) in [6, 6.07) is 0. The molecule has 0 saturated carbocycles. The predicted octanol–water partition coefficient (Wildman–Crippen LogP) is 4.74. The van der Waals surface area contributed by atoms with E-state index in [2.05, 4.69) is 53.1 Å². The maximum Gasteiger partial charge on any atom is 0.0496 e. The van der Waals surface area contributed by atoms with Crippen molar-refractivity contribution >= 4 is 16.5 Å². The highest BCUT2D eigenvalue weighted by molar-refractivity contribution is 5.94. The van der Waals surface area contributed by atoms with Crippen LogP contribution in [0.25, 0.3) is 16.5 Å². The molecule has 1 nitrogen and oxygen atoms in total. The van der Waals surface area contributed by atoms with E-state index in [0.717, 1.165) is 5.57 Å². The Kier molecular flexibility index (Phi) is 2.65. The minimum atomic E-state index is 1.10. The first-order chi connectivity index (χ1) is 7.86. The molecule has 0 spiro atoms. The third-order valence-corrected chi connectivity index (χ3v) is 4.11. The van der Waals surface area contributed by atoms with E-state index < -0.39 is 0 Å². The van der Waals surface area contributed by atoms with Crippen LogP contribution in [0.3, 0.4) is 0 Å². The van der Waals surface area contributed by atoms with Crippen LogP contribution >= 0.6 is 0 Å². The molecule has 0 amide bonds. The lowest BCUT2D eigenvalue weighted by Gasteiger charge is -2.11. The van der Waals surface area contributed by atoms with Gasteiger partial charge in [0.2, 0.25) is 0 Å². The number of aromatic nitrogens is 1. The predicted molar refractivity (Wildman–Crippen MR) is 76.7 cm³/mol. The van der Waals surface area contributed by atoms with E-state index in [4.69, 9.17) is 0 Å². The molecular formula is C16H21N. The van der Waals surface area contributed by atoms with Gasteiger partial charge in [0.05, 0.1) is 0 Å². The SMILES string of the molecule is C=C(C)c1[nH]c2c(C)c(C)c(C)c(C)c2c1C. The van der Waals surface area contributed by atoms with Gasteiger partial charge in [-0.2, -0.15) is 0 Å². The highest BCUT2D eigenvalue weighted by atomic mass is 14.7. The molecule has 90 valence electrons. The Morgan fingerprint density at radius 1 is 0.824 bits per heavy atom. The largest absolute Gasteiger partial charge is 0.354 e. The number of allylic oxidation sites excluding steroid dienone is 1. The van der Waals surface area contributed by atoms with E-state index >= 15 is 0 Å². The maximum atomic E-state index is 4.05. The minimum absolute atomic E-state index is 1.10. The Labute approximate surface area is 104 Å². The molecule has 1 aromatic heterocycles. The molecule has 2 aromatic rings. The first-order valence-corrected chi connectivity index (χ1v) is 6.10. The van der Waals surface area contributed by atoms with Gasteiger partial charge in [-0.05, 0) is 74.9 Å². The lowest BCUT2D eigenvalue weighted by atomic mass is 9.94. The summed E-state index contributed by atoms with van der Waals surface area (Å²) in [5.41, 5.74) is 10.5. The normalized spacial score (nSPS) is 11.2. The second-order valence-corrected chi connectivity index (χ2v) is 5.16. The zero-order chi connectivity index (χ0) is 12.9. The van der Waals surface area contributed by atoms with Crippen molar-refractivity contribution in [2.45, 2.75) is 41.5 Å². The number of nitrogens with one attached hydrogen (secondary N) is 1. The van der Waals surface area contributed by atoms with Crippen molar-refractivity contribution in [1.29, 1.82) is 0 Å². The molecule has 0 saturated heterocycles. The number of benzene rings is 1. The van der Waals surface area contributed by atoms with Gasteiger partial charge in [0.1, 0.15) is 0 Å². The molecule has 0 bridgehead atoms. The summed E-state index contributed by atoms with van der Waals surface area (Å²) < 4.78 is 0. The first-order valence-electron chi connectivity index (χ1n) is 6.10. The van der Waals surface area contributed by atoms with Crippen LogP contribution < -0.4 is 0 Å². The summed E-state index contributed by atoms with van der Waals surface area (Å²) in [5, 5.41) is 1.38. The first kappa shape index (κ1) is 12.0. The molecule has 0 fully saturated rings. The smallest absolute Gasteiger partial charge is 0.0496 e. The zero-order valence-corrected chi connectivity index (χ0v) is 11.7. The lowest BCUT2D eigenvalue weighted by molar-refractivity contribution is 1.24. The van der Waals surface area contributed by atoms with Crippen molar-refractivity contribution < 1.29 is 0 Å². The van der Waals surface area contributed by atoms with Crippen molar-refractivity contribution in [3.8, 4) is 0 Å². The average Bonchev–Trinajstić information content (AvgIpc) is 2.62. The molecule has 0 radical (unpaired) electrons. The number of hydrogen-bond donors (Lipinski definition) is 1. The van der Waals surface area contributed by atoms with Crippen molar-refractivity contribution in [2.75, 3.05) is 0 Å². The van der Waals surface area contributed by atoms with Gasteiger partial charge in [0, 0.05) is 16.6 Å². The lowest BCUT2D eigenvalue weighted by Crippen LogP contribution is -1.93. The summed E-state index contributed by atoms with van der Waals surface area (Å²) in [6.07, 6.45) is 0. The van der Waals surface area contributed by atoms with Gasteiger partial charge in [0.25, 0.3) is 0 Å². The van der Waals surface area contributed by atoms with Gasteiger partial charge in [-0.3, -0.25) is 0 Å². The minimum Gasteiger partial charge on any atom is -0.354 e. The van der Waals surface area contributed by atoms with Crippen LogP contribution in [-0.4, -0.2) is 4.98 Å². The van der Waals surface area contributed by atoms with Crippen molar-refractivity contribution in [3.63, 3.8) is 0 Å². The van der Waals surface area contributed by atoms with Gasteiger partial charge in [-0.1, -0.05) is 6.58 Å². The fourth-order valence-corrected chi connectivity index (χ4v) is 2.71. The number of aryl methyl sites for hydroxylation is 3. The van der Waals surface area contributed by atoms with Crippen LogP contribution in [0.2, 0.25) is 0 Å². The molecule has 0 atom stereocenters. The number of hydrogen-bond acceptors (Lipinski definition) is 0. The monoisotopic (exact) mass is 227 g/mol. The van der Waals surface area contributed by atoms with Crippen LogP contribution in [0.15, 0.2) is 6.58 Å². The molecule has 1 N–H and O–H groups in total. The molecule has 0 aliphatic carbocycles. The van der Waals surface area contributed by atoms with Crippen LogP contribution in [0, 0.1) is 34.6 Å². The third kappa shape index (κ3) is 1.53. The van der Waals surface area contributed by atoms with Gasteiger partial charge < -0.3 is 4.98 Å². The number of H-pyrrole nitrogens is 1. The van der Waals surface area contributed by atoms with Crippen molar-refractivity contribution in [2.24, 2.45) is 0 Å². The van der Waals surface area contributed by atoms with Gasteiger partial charge in [-0.15, -0.1) is 0 Å². The number of aromatic amines is 1. The Bertz CT molecular complexity index is 627. The van der Waals surface area contributed by atoms with Crippen LogP contribution in [-0.2, 0) is 0 Å². The summed E-state index contributed by atoms with van der Waals surface area (Å²) in [4.78, 5) is 3.54. The Morgan fingerprint density at radius 2 is 1.35 bits per heavy atom. The Balaban J connectivity index is 3.02. The van der Waals surface area contributed by atoms with Crippen LogP contribution in [0.5, 0.6) is 0 Å². The molecule has 1 aromatic carbocycles. The standard InChI is InChI=1S/C16H21N/c1-8(2)15-13(7)14-11(5)9(3)10(4)12(6)16(14)17-15/h17H,1H2,2-7H3. The average molecular weight is 227 g/mol. The molecule has 2 rings (SSSR count). The van der Waals surface area contributed by atoms with E-state index in [0.29, 0.717) is 0 Å². The molecule has 1 heterocycles. The van der Waals surface area contributed by atoms with Crippen LogP contribution in [0.1, 0.15) is 40.4 Å². The fourth-order valence-electron chi connectivity index (χ4n) is 2.71. The summed E-state index contributed by atoms with van der Waals surface area (Å²) in [5.74, 6) is 0. The van der Waals surface area contributed by atoms with E-state index in [1.165, 1.54) is 44.4 Å². The van der Waals surface area contributed by atoms with Crippen LogP contribution in [0.4, 0.5) is 0 Å². The second-order valence-electron chi connectivity index (χ2n) is 5.16. The summed E-state index contributed by atoms with van der Waals surface area (Å²) in [6.45, 7) is 17.1. The molecule has 0 aliphatic rings. The second kappa shape index (κ2) is 3.76. The summed E-state index contributed by atoms with van der Waals surface area (Å²) >= 11 is 0. The van der Waals surface area contributed by atoms with Gasteiger partial charge in [0.15, 0.2) is 0 Å².